The Hall–Kier alpha value is -1.88. The van der Waals surface area contributed by atoms with Crippen LogP contribution in [-0.4, -0.2) is 5.11 Å². The summed E-state index contributed by atoms with van der Waals surface area (Å²) in [6.07, 6.45) is -1.48. The number of aryl methyl sites for hydroxylation is 1. The molecule has 2 rings (SSSR count). The van der Waals surface area contributed by atoms with Crippen molar-refractivity contribution in [2.45, 2.75) is 19.4 Å². The Balaban J connectivity index is 2.30. The summed E-state index contributed by atoms with van der Waals surface area (Å²) in [5.41, 5.74) is 0.836. The van der Waals surface area contributed by atoms with E-state index in [0.717, 1.165) is 0 Å². The van der Waals surface area contributed by atoms with Gasteiger partial charge in [0.1, 0.15) is 11.6 Å². The molecule has 1 atom stereocenters. The van der Waals surface area contributed by atoms with Gasteiger partial charge in [0.25, 0.3) is 0 Å². The van der Waals surface area contributed by atoms with E-state index in [9.17, 15) is 22.7 Å². The summed E-state index contributed by atoms with van der Waals surface area (Å²) in [5, 5.41) is 9.93. The number of hydrogen-bond acceptors (Lipinski definition) is 1. The molecule has 0 heterocycles. The fourth-order valence-electron chi connectivity index (χ4n) is 1.97. The first-order valence-corrected chi connectivity index (χ1v) is 5.96. The highest BCUT2D eigenvalue weighted by molar-refractivity contribution is 5.30. The van der Waals surface area contributed by atoms with Crippen molar-refractivity contribution >= 4 is 0 Å². The molecule has 0 amide bonds. The highest BCUT2D eigenvalue weighted by atomic mass is 19.2. The van der Waals surface area contributed by atoms with Crippen LogP contribution in [0.3, 0.4) is 0 Å². The minimum atomic E-state index is -1.38. The first-order valence-electron chi connectivity index (χ1n) is 5.96. The molecule has 0 aromatic heterocycles. The van der Waals surface area contributed by atoms with E-state index in [4.69, 9.17) is 0 Å². The van der Waals surface area contributed by atoms with Crippen molar-refractivity contribution in [3.8, 4) is 0 Å². The largest absolute Gasteiger partial charge is 0.388 e. The molecule has 0 bridgehead atoms. The summed E-state index contributed by atoms with van der Waals surface area (Å²) in [6.45, 7) is 1.71. The van der Waals surface area contributed by atoms with Crippen LogP contribution in [0.15, 0.2) is 30.3 Å². The lowest BCUT2D eigenvalue weighted by molar-refractivity contribution is 0.172. The summed E-state index contributed by atoms with van der Waals surface area (Å²) < 4.78 is 52.6. The Morgan fingerprint density at radius 3 is 2.30 bits per heavy atom. The lowest BCUT2D eigenvalue weighted by Crippen LogP contribution is -2.07. The Morgan fingerprint density at radius 1 is 0.950 bits per heavy atom. The van der Waals surface area contributed by atoms with E-state index in [0.29, 0.717) is 23.3 Å². The fraction of sp³-hybridized carbons (Fsp3) is 0.200. The lowest BCUT2D eigenvalue weighted by Gasteiger charge is -2.14. The average Bonchev–Trinajstić information content (AvgIpc) is 2.38. The lowest BCUT2D eigenvalue weighted by atomic mass is 9.97. The zero-order chi connectivity index (χ0) is 14.9. The number of aliphatic hydroxyl groups excluding tert-OH is 1. The zero-order valence-electron chi connectivity index (χ0n) is 10.6. The number of benzene rings is 2. The standard InChI is InChI=1S/C15H12F4O/c1-8-2-3-10(16)4-9(8)5-15(20)11-6-13(18)14(19)7-12(11)17/h2-4,6-7,15,20H,5H2,1H3. The number of hydrogen-bond donors (Lipinski definition) is 1. The molecule has 0 aliphatic rings. The van der Waals surface area contributed by atoms with Gasteiger partial charge in [-0.1, -0.05) is 6.07 Å². The summed E-state index contributed by atoms with van der Waals surface area (Å²) >= 11 is 0. The molecule has 106 valence electrons. The second kappa shape index (κ2) is 5.63. The zero-order valence-corrected chi connectivity index (χ0v) is 10.6. The summed E-state index contributed by atoms with van der Waals surface area (Å²) in [6, 6.07) is 5.01. The van der Waals surface area contributed by atoms with Crippen LogP contribution < -0.4 is 0 Å². The minimum absolute atomic E-state index is 0.0917. The van der Waals surface area contributed by atoms with Crippen molar-refractivity contribution in [3.63, 3.8) is 0 Å². The van der Waals surface area contributed by atoms with Crippen molar-refractivity contribution in [3.05, 3.63) is 70.3 Å². The number of rotatable bonds is 3. The van der Waals surface area contributed by atoms with Crippen LogP contribution in [0, 0.1) is 30.2 Å². The van der Waals surface area contributed by atoms with Gasteiger partial charge >= 0.3 is 0 Å². The van der Waals surface area contributed by atoms with Gasteiger partial charge in [-0.15, -0.1) is 0 Å². The molecule has 0 fully saturated rings. The number of halogens is 4. The Bertz CT molecular complexity index is 640. The van der Waals surface area contributed by atoms with Gasteiger partial charge in [-0.2, -0.15) is 0 Å². The predicted molar refractivity (Wildman–Crippen MR) is 66.1 cm³/mol. The summed E-state index contributed by atoms with van der Waals surface area (Å²) in [4.78, 5) is 0. The Kier molecular flexibility index (Phi) is 4.09. The van der Waals surface area contributed by atoms with Crippen molar-refractivity contribution < 1.29 is 22.7 Å². The molecular weight excluding hydrogens is 272 g/mol. The third kappa shape index (κ3) is 2.99. The molecule has 2 aromatic rings. The monoisotopic (exact) mass is 284 g/mol. The van der Waals surface area contributed by atoms with Gasteiger partial charge in [-0.3, -0.25) is 0 Å². The second-order valence-electron chi connectivity index (χ2n) is 4.58. The van der Waals surface area contributed by atoms with E-state index in [-0.39, 0.29) is 12.0 Å². The van der Waals surface area contributed by atoms with Crippen molar-refractivity contribution in [1.82, 2.24) is 0 Å². The highest BCUT2D eigenvalue weighted by Crippen LogP contribution is 2.25. The van der Waals surface area contributed by atoms with Crippen molar-refractivity contribution in [2.75, 3.05) is 0 Å². The Morgan fingerprint density at radius 2 is 1.60 bits per heavy atom. The third-order valence-corrected chi connectivity index (χ3v) is 3.12. The third-order valence-electron chi connectivity index (χ3n) is 3.12. The molecule has 5 heteroatoms. The van der Waals surface area contributed by atoms with Gasteiger partial charge in [0, 0.05) is 18.1 Å². The van der Waals surface area contributed by atoms with Gasteiger partial charge in [0.15, 0.2) is 11.6 Å². The van der Waals surface area contributed by atoms with Crippen LogP contribution in [0.5, 0.6) is 0 Å². The molecule has 0 saturated carbocycles. The van der Waals surface area contributed by atoms with Crippen LogP contribution in [0.25, 0.3) is 0 Å². The van der Waals surface area contributed by atoms with Gasteiger partial charge in [-0.25, -0.2) is 17.6 Å². The normalized spacial score (nSPS) is 12.5. The molecule has 0 saturated heterocycles. The number of aliphatic hydroxyl groups is 1. The molecule has 0 aliphatic heterocycles. The Labute approximate surface area is 113 Å². The second-order valence-corrected chi connectivity index (χ2v) is 4.58. The van der Waals surface area contributed by atoms with E-state index in [1.54, 1.807) is 6.92 Å². The first kappa shape index (κ1) is 14.5. The van der Waals surface area contributed by atoms with Crippen LogP contribution in [0.1, 0.15) is 22.8 Å². The van der Waals surface area contributed by atoms with Gasteiger partial charge in [0.2, 0.25) is 0 Å². The molecule has 2 aromatic carbocycles. The van der Waals surface area contributed by atoms with Crippen LogP contribution in [0.4, 0.5) is 17.6 Å². The molecule has 0 spiro atoms. The maximum absolute atomic E-state index is 13.5. The molecule has 1 nitrogen and oxygen atoms in total. The summed E-state index contributed by atoms with van der Waals surface area (Å²) in [7, 11) is 0. The molecule has 20 heavy (non-hydrogen) atoms. The predicted octanol–water partition coefficient (Wildman–Crippen LogP) is 3.83. The van der Waals surface area contributed by atoms with Gasteiger partial charge in [0.05, 0.1) is 6.10 Å². The smallest absolute Gasteiger partial charge is 0.161 e. The molecule has 0 radical (unpaired) electrons. The van der Waals surface area contributed by atoms with E-state index >= 15 is 0 Å². The molecular formula is C15H12F4O. The highest BCUT2D eigenvalue weighted by Gasteiger charge is 2.18. The van der Waals surface area contributed by atoms with Crippen LogP contribution in [0.2, 0.25) is 0 Å². The minimum Gasteiger partial charge on any atom is -0.388 e. The van der Waals surface area contributed by atoms with Crippen LogP contribution >= 0.6 is 0 Å². The van der Waals surface area contributed by atoms with Crippen LogP contribution in [-0.2, 0) is 6.42 Å². The van der Waals surface area contributed by atoms with Gasteiger partial charge in [-0.05, 0) is 36.2 Å². The average molecular weight is 284 g/mol. The maximum Gasteiger partial charge on any atom is 0.161 e. The fourth-order valence-corrected chi connectivity index (χ4v) is 1.97. The molecule has 1 unspecified atom stereocenters. The van der Waals surface area contributed by atoms with E-state index in [2.05, 4.69) is 0 Å². The first-order chi connectivity index (χ1) is 9.38. The van der Waals surface area contributed by atoms with Crippen molar-refractivity contribution in [2.24, 2.45) is 0 Å². The summed E-state index contributed by atoms with van der Waals surface area (Å²) in [5.74, 6) is -4.08. The van der Waals surface area contributed by atoms with E-state index in [1.807, 2.05) is 0 Å². The maximum atomic E-state index is 13.5. The SMILES string of the molecule is Cc1ccc(F)cc1CC(O)c1cc(F)c(F)cc1F. The quantitative estimate of drug-likeness (QED) is 0.671. The van der Waals surface area contributed by atoms with E-state index < -0.39 is 29.4 Å². The van der Waals surface area contributed by atoms with Crippen molar-refractivity contribution in [1.29, 1.82) is 0 Å². The molecule has 1 N–H and O–H groups in total. The molecule has 0 aliphatic carbocycles. The van der Waals surface area contributed by atoms with Gasteiger partial charge < -0.3 is 5.11 Å². The van der Waals surface area contributed by atoms with E-state index in [1.165, 1.54) is 18.2 Å². The topological polar surface area (TPSA) is 20.2 Å².